The van der Waals surface area contributed by atoms with Crippen LogP contribution in [0.25, 0.3) is 0 Å². The summed E-state index contributed by atoms with van der Waals surface area (Å²) in [5, 5.41) is 12.4. The average molecular weight is 702 g/mol. The van der Waals surface area contributed by atoms with Crippen LogP contribution in [-0.2, 0) is 26.3 Å². The number of piperazine rings is 1. The normalized spacial score (nSPS) is 22.7. The van der Waals surface area contributed by atoms with E-state index in [1.54, 1.807) is 26.1 Å². The number of nitrogens with zero attached hydrogens (tertiary/aromatic N) is 4. The molecule has 2 heterocycles. The number of nitrogens with one attached hydrogen (secondary N) is 3. The molecule has 1 saturated heterocycles. The number of rotatable bonds is 11. The zero-order valence-corrected chi connectivity index (χ0v) is 29.4. The number of alkyl halides is 2. The molecule has 3 unspecified atom stereocenters. The van der Waals surface area contributed by atoms with E-state index in [2.05, 4.69) is 25.9 Å². The SMILES string of the molecule is CCC(=O)NC(C(=O)N1CCN(C)CC1)C1(c2ccc(NC)c(F)c2)CC1.CCn1nccc1C(=O)NC(C=O)C1CC(F)(F)CC2(CC2)C1. The van der Waals surface area contributed by atoms with Crippen LogP contribution in [0.1, 0.15) is 81.3 Å². The van der Waals surface area contributed by atoms with Crippen LogP contribution in [0.2, 0.25) is 0 Å². The van der Waals surface area contributed by atoms with E-state index in [-0.39, 0.29) is 35.9 Å². The maximum Gasteiger partial charge on any atom is 0.270 e. The smallest absolute Gasteiger partial charge is 0.270 e. The zero-order valence-electron chi connectivity index (χ0n) is 29.4. The van der Waals surface area contributed by atoms with Crippen LogP contribution in [0.4, 0.5) is 18.9 Å². The van der Waals surface area contributed by atoms with Crippen molar-refractivity contribution in [1.29, 1.82) is 0 Å². The molecule has 50 heavy (non-hydrogen) atoms. The highest BCUT2D eigenvalue weighted by atomic mass is 19.3. The number of carbonyl (C=O) groups excluding carboxylic acids is 4. The third kappa shape index (κ3) is 8.33. The first-order valence-electron chi connectivity index (χ1n) is 17.7. The summed E-state index contributed by atoms with van der Waals surface area (Å²) < 4.78 is 43.8. The van der Waals surface area contributed by atoms with Crippen LogP contribution >= 0.6 is 0 Å². The third-order valence-electron chi connectivity index (χ3n) is 10.9. The van der Waals surface area contributed by atoms with Gasteiger partial charge in [0.2, 0.25) is 17.7 Å². The molecule has 1 aliphatic heterocycles. The minimum Gasteiger partial charge on any atom is -0.386 e. The van der Waals surface area contributed by atoms with Crippen LogP contribution in [0.15, 0.2) is 30.5 Å². The Morgan fingerprint density at radius 2 is 1.72 bits per heavy atom. The number of benzene rings is 1. The molecule has 1 aromatic heterocycles. The first-order valence-corrected chi connectivity index (χ1v) is 17.7. The van der Waals surface area contributed by atoms with Gasteiger partial charge in [-0.15, -0.1) is 0 Å². The third-order valence-corrected chi connectivity index (χ3v) is 10.9. The van der Waals surface area contributed by atoms with Crippen molar-refractivity contribution < 1.29 is 32.3 Å². The molecule has 274 valence electrons. The van der Waals surface area contributed by atoms with Crippen molar-refractivity contribution in [3.63, 3.8) is 0 Å². The molecule has 3 saturated carbocycles. The number of anilines is 1. The van der Waals surface area contributed by atoms with Crippen molar-refractivity contribution >= 4 is 29.7 Å². The van der Waals surface area contributed by atoms with E-state index in [9.17, 15) is 32.3 Å². The number of hydrogen-bond acceptors (Lipinski definition) is 7. The molecule has 1 aromatic carbocycles. The highest BCUT2D eigenvalue weighted by molar-refractivity contribution is 5.94. The summed E-state index contributed by atoms with van der Waals surface area (Å²) in [5.74, 6) is -4.26. The van der Waals surface area contributed by atoms with Crippen LogP contribution in [0.5, 0.6) is 0 Å². The van der Waals surface area contributed by atoms with Crippen molar-refractivity contribution in [1.82, 2.24) is 30.2 Å². The molecule has 1 spiro atoms. The van der Waals surface area contributed by atoms with Gasteiger partial charge in [0.1, 0.15) is 23.8 Å². The zero-order chi connectivity index (χ0) is 36.3. The molecule has 3 N–H and O–H groups in total. The number of hydrogen-bond donors (Lipinski definition) is 3. The van der Waals surface area contributed by atoms with Gasteiger partial charge in [-0.25, -0.2) is 13.2 Å². The summed E-state index contributed by atoms with van der Waals surface area (Å²) in [5.41, 5.74) is 0.710. The second-order valence-corrected chi connectivity index (χ2v) is 14.5. The lowest BCUT2D eigenvalue weighted by Crippen LogP contribution is -2.58. The van der Waals surface area contributed by atoms with Crippen molar-refractivity contribution in [2.75, 3.05) is 45.6 Å². The lowest BCUT2D eigenvalue weighted by atomic mass is 9.74. The van der Waals surface area contributed by atoms with Crippen molar-refractivity contribution in [2.24, 2.45) is 11.3 Å². The second kappa shape index (κ2) is 15.1. The molecule has 3 aliphatic carbocycles. The summed E-state index contributed by atoms with van der Waals surface area (Å²) in [4.78, 5) is 53.2. The number of aromatic nitrogens is 2. The van der Waals surface area contributed by atoms with Gasteiger partial charge in [0.25, 0.3) is 5.91 Å². The van der Waals surface area contributed by atoms with Gasteiger partial charge < -0.3 is 30.5 Å². The van der Waals surface area contributed by atoms with Gasteiger partial charge in [0, 0.05) is 70.6 Å². The maximum absolute atomic E-state index is 14.3. The lowest BCUT2D eigenvalue weighted by molar-refractivity contribution is -0.138. The number of aryl methyl sites for hydroxylation is 1. The van der Waals surface area contributed by atoms with Crippen LogP contribution < -0.4 is 16.0 Å². The minimum absolute atomic E-state index is 0.0551. The maximum atomic E-state index is 14.3. The predicted octanol–water partition coefficient (Wildman–Crippen LogP) is 3.98. The Morgan fingerprint density at radius 3 is 2.28 bits per heavy atom. The molecule has 11 nitrogen and oxygen atoms in total. The molecule has 0 bridgehead atoms. The Labute approximate surface area is 291 Å². The Kier molecular flexibility index (Phi) is 11.3. The highest BCUT2D eigenvalue weighted by Gasteiger charge is 2.57. The topological polar surface area (TPSA) is 129 Å². The molecular weight excluding hydrogens is 651 g/mol. The molecule has 3 amide bonds. The fourth-order valence-electron chi connectivity index (χ4n) is 7.60. The lowest BCUT2D eigenvalue weighted by Gasteiger charge is -2.37. The van der Waals surface area contributed by atoms with Gasteiger partial charge >= 0.3 is 0 Å². The monoisotopic (exact) mass is 701 g/mol. The number of carbonyl (C=O) groups is 4. The van der Waals surface area contributed by atoms with Gasteiger partial charge in [0.15, 0.2) is 0 Å². The summed E-state index contributed by atoms with van der Waals surface area (Å²) >= 11 is 0. The second-order valence-electron chi connectivity index (χ2n) is 14.5. The van der Waals surface area contributed by atoms with E-state index in [1.165, 1.54) is 16.9 Å². The molecule has 4 fully saturated rings. The van der Waals surface area contributed by atoms with Gasteiger partial charge in [-0.3, -0.25) is 19.1 Å². The fraction of sp³-hybridized carbons (Fsp3) is 0.639. The van der Waals surface area contributed by atoms with E-state index in [4.69, 9.17) is 0 Å². The highest BCUT2D eigenvalue weighted by Crippen LogP contribution is 2.61. The van der Waals surface area contributed by atoms with E-state index < -0.39 is 35.2 Å². The number of halogens is 3. The Morgan fingerprint density at radius 1 is 1.02 bits per heavy atom. The van der Waals surface area contributed by atoms with Crippen LogP contribution in [-0.4, -0.2) is 102 Å². The minimum atomic E-state index is -2.75. The molecule has 14 heteroatoms. The van der Waals surface area contributed by atoms with E-state index in [0.29, 0.717) is 50.1 Å². The van der Waals surface area contributed by atoms with Gasteiger partial charge in [-0.1, -0.05) is 13.0 Å². The summed E-state index contributed by atoms with van der Waals surface area (Å²) in [7, 11) is 3.71. The Balaban J connectivity index is 0.000000197. The van der Waals surface area contributed by atoms with Crippen LogP contribution in [0.3, 0.4) is 0 Å². The molecule has 0 radical (unpaired) electrons. The number of aldehydes is 1. The fourth-order valence-corrected chi connectivity index (χ4v) is 7.60. The largest absolute Gasteiger partial charge is 0.386 e. The van der Waals surface area contributed by atoms with Gasteiger partial charge in [-0.2, -0.15) is 5.10 Å². The summed E-state index contributed by atoms with van der Waals surface area (Å²) in [6, 6.07) is 5.09. The first kappa shape index (κ1) is 37.3. The molecular formula is C36H50F3N7O4. The average Bonchev–Trinajstić information content (AvgIpc) is 4.00. The predicted molar refractivity (Wildman–Crippen MR) is 182 cm³/mol. The van der Waals surface area contributed by atoms with E-state index in [1.807, 2.05) is 24.9 Å². The van der Waals surface area contributed by atoms with Crippen molar-refractivity contribution in [3.05, 3.63) is 47.5 Å². The Hall–Kier alpha value is -3.94. The molecule has 4 aliphatic rings. The summed E-state index contributed by atoms with van der Waals surface area (Å²) in [6.45, 7) is 7.07. The van der Waals surface area contributed by atoms with Crippen LogP contribution in [0, 0.1) is 17.2 Å². The first-order chi connectivity index (χ1) is 23.8. The quantitative estimate of drug-likeness (QED) is 0.303. The molecule has 3 atom stereocenters. The summed E-state index contributed by atoms with van der Waals surface area (Å²) in [6.07, 6.45) is 5.68. The van der Waals surface area contributed by atoms with Crippen molar-refractivity contribution in [2.45, 2.75) is 95.2 Å². The molecule has 2 aromatic rings. The standard InChI is InChI=1S/C20H29FN4O2.C16H21F2N3O2/c1-4-17(26)23-18(19(27)25-11-9-24(3)10-12-25)20(7-8-20)14-5-6-16(22-2)15(21)13-14;1-2-21-13(3-6-19-21)14(23)20-12(9-22)11-7-15(4-5-15)10-16(17,18)8-11/h5-6,13,18,22H,4,7-12H2,1-3H3,(H,23,26);3,6,9,11-12H,2,4-5,7-8,10H2,1H3,(H,20,23). The number of likely N-dealkylation sites (N-methyl/N-ethyl adjacent to an activating group) is 1. The van der Waals surface area contributed by atoms with E-state index in [0.717, 1.165) is 44.3 Å². The Bertz CT molecular complexity index is 1540. The number of amides is 3. The van der Waals surface area contributed by atoms with Gasteiger partial charge in [-0.05, 0) is 81.2 Å². The molecule has 6 rings (SSSR count). The van der Waals surface area contributed by atoms with Crippen molar-refractivity contribution in [3.8, 4) is 0 Å². The van der Waals surface area contributed by atoms with Gasteiger partial charge in [0.05, 0.1) is 11.7 Å². The van der Waals surface area contributed by atoms with E-state index >= 15 is 0 Å².